The third-order valence-corrected chi connectivity index (χ3v) is 4.14. The molecule has 2 rings (SSSR count). The van der Waals surface area contributed by atoms with Gasteiger partial charge in [0.05, 0.1) is 5.56 Å². The van der Waals surface area contributed by atoms with Crippen LogP contribution in [0.1, 0.15) is 28.8 Å². The van der Waals surface area contributed by atoms with Crippen LogP contribution in [0.25, 0.3) is 0 Å². The predicted octanol–water partition coefficient (Wildman–Crippen LogP) is 2.30. The Morgan fingerprint density at radius 1 is 1.43 bits per heavy atom. The van der Waals surface area contributed by atoms with E-state index in [2.05, 4.69) is 16.8 Å². The molecule has 21 heavy (non-hydrogen) atoms. The summed E-state index contributed by atoms with van der Waals surface area (Å²) in [5, 5.41) is 8.98. The van der Waals surface area contributed by atoms with E-state index in [1.165, 1.54) is 31.0 Å². The lowest BCUT2D eigenvalue weighted by molar-refractivity contribution is 0.0696. The molecule has 0 bridgehead atoms. The number of likely N-dealkylation sites (tertiary alicyclic amines) is 1. The minimum atomic E-state index is -1.02. The van der Waals surface area contributed by atoms with Gasteiger partial charge in [-0.15, -0.1) is 0 Å². The minimum absolute atomic E-state index is 0.138. The van der Waals surface area contributed by atoms with Crippen LogP contribution in [0, 0.1) is 11.7 Å². The maximum absolute atomic E-state index is 13.8. The van der Waals surface area contributed by atoms with Gasteiger partial charge in [-0.1, -0.05) is 0 Å². The molecule has 1 saturated heterocycles. The predicted molar refractivity (Wildman–Crippen MR) is 79.9 cm³/mol. The zero-order chi connectivity index (χ0) is 15.4. The normalized spacial score (nSPS) is 17.3. The standard InChI is InChI=1S/C16H23FN2O2/c1-18-7-5-12(6-8-18)10-19(2)11-14-9-13(16(20)21)3-4-15(14)17/h3-4,9,12H,5-8,10-11H2,1-2H3,(H,20,21). The van der Waals surface area contributed by atoms with Gasteiger partial charge in [0.1, 0.15) is 5.82 Å². The molecule has 1 heterocycles. The Morgan fingerprint density at radius 3 is 2.71 bits per heavy atom. The van der Waals surface area contributed by atoms with Gasteiger partial charge in [0.25, 0.3) is 0 Å². The van der Waals surface area contributed by atoms with Crippen molar-refractivity contribution in [2.75, 3.05) is 33.7 Å². The molecule has 1 N–H and O–H groups in total. The molecule has 0 unspecified atom stereocenters. The summed E-state index contributed by atoms with van der Waals surface area (Å²) < 4.78 is 13.8. The number of carboxylic acids is 1. The Morgan fingerprint density at radius 2 is 2.10 bits per heavy atom. The van der Waals surface area contributed by atoms with Gasteiger partial charge in [0, 0.05) is 18.7 Å². The molecule has 116 valence electrons. The summed E-state index contributed by atoms with van der Waals surface area (Å²) in [6.45, 7) is 3.59. The molecule has 0 amide bonds. The summed E-state index contributed by atoms with van der Waals surface area (Å²) in [6, 6.07) is 3.98. The van der Waals surface area contributed by atoms with Crippen LogP contribution in [0.2, 0.25) is 0 Å². The van der Waals surface area contributed by atoms with Crippen molar-refractivity contribution >= 4 is 5.97 Å². The van der Waals surface area contributed by atoms with E-state index in [1.807, 2.05) is 7.05 Å². The summed E-state index contributed by atoms with van der Waals surface area (Å²) in [6.07, 6.45) is 2.33. The van der Waals surface area contributed by atoms with Crippen LogP contribution in [0.3, 0.4) is 0 Å². The quantitative estimate of drug-likeness (QED) is 0.905. The van der Waals surface area contributed by atoms with E-state index in [4.69, 9.17) is 5.11 Å². The number of piperidine rings is 1. The molecule has 1 aliphatic heterocycles. The Kier molecular flexibility index (Phi) is 5.31. The number of hydrogen-bond acceptors (Lipinski definition) is 3. The summed E-state index contributed by atoms with van der Waals surface area (Å²) >= 11 is 0. The number of halogens is 1. The average molecular weight is 294 g/mol. The summed E-state index contributed by atoms with van der Waals surface area (Å²) in [5.41, 5.74) is 0.587. The fourth-order valence-corrected chi connectivity index (χ4v) is 2.87. The van der Waals surface area contributed by atoms with Gasteiger partial charge in [0.2, 0.25) is 0 Å². The van der Waals surface area contributed by atoms with E-state index >= 15 is 0 Å². The molecule has 0 radical (unpaired) electrons. The molecule has 1 aromatic carbocycles. The van der Waals surface area contributed by atoms with Crippen molar-refractivity contribution in [2.24, 2.45) is 5.92 Å². The number of hydrogen-bond donors (Lipinski definition) is 1. The van der Waals surface area contributed by atoms with E-state index in [0.717, 1.165) is 19.6 Å². The highest BCUT2D eigenvalue weighted by atomic mass is 19.1. The van der Waals surface area contributed by atoms with Crippen LogP contribution in [-0.2, 0) is 6.54 Å². The average Bonchev–Trinajstić information content (AvgIpc) is 2.43. The molecule has 0 saturated carbocycles. The van der Waals surface area contributed by atoms with E-state index in [1.54, 1.807) is 0 Å². The highest BCUT2D eigenvalue weighted by Crippen LogP contribution is 2.19. The van der Waals surface area contributed by atoms with E-state index in [9.17, 15) is 9.18 Å². The highest BCUT2D eigenvalue weighted by Gasteiger charge is 2.19. The van der Waals surface area contributed by atoms with Crippen molar-refractivity contribution in [1.29, 1.82) is 0 Å². The molecule has 0 aromatic heterocycles. The zero-order valence-electron chi connectivity index (χ0n) is 12.7. The maximum atomic E-state index is 13.8. The molecule has 1 aromatic rings. The number of benzene rings is 1. The third-order valence-electron chi connectivity index (χ3n) is 4.14. The maximum Gasteiger partial charge on any atom is 0.335 e. The van der Waals surface area contributed by atoms with Gasteiger partial charge < -0.3 is 14.9 Å². The molecule has 0 atom stereocenters. The smallest absolute Gasteiger partial charge is 0.335 e. The van der Waals surface area contributed by atoms with Gasteiger partial charge in [-0.05, 0) is 64.1 Å². The van der Waals surface area contributed by atoms with Crippen molar-refractivity contribution in [1.82, 2.24) is 9.80 Å². The van der Waals surface area contributed by atoms with E-state index < -0.39 is 5.97 Å². The van der Waals surface area contributed by atoms with Crippen LogP contribution >= 0.6 is 0 Å². The van der Waals surface area contributed by atoms with Gasteiger partial charge in [0.15, 0.2) is 0 Å². The lowest BCUT2D eigenvalue weighted by atomic mass is 9.96. The molecule has 0 spiro atoms. The minimum Gasteiger partial charge on any atom is -0.478 e. The Balaban J connectivity index is 1.94. The molecule has 0 aliphatic carbocycles. The second-order valence-corrected chi connectivity index (χ2v) is 6.05. The van der Waals surface area contributed by atoms with Crippen molar-refractivity contribution in [3.63, 3.8) is 0 Å². The molecule has 1 fully saturated rings. The number of carbonyl (C=O) groups is 1. The topological polar surface area (TPSA) is 43.8 Å². The Hall–Kier alpha value is -1.46. The first kappa shape index (κ1) is 15.9. The summed E-state index contributed by atoms with van der Waals surface area (Å²) in [7, 11) is 4.10. The zero-order valence-corrected chi connectivity index (χ0v) is 12.7. The largest absolute Gasteiger partial charge is 0.478 e. The third kappa shape index (κ3) is 4.51. The van der Waals surface area contributed by atoms with Gasteiger partial charge in [-0.25, -0.2) is 9.18 Å². The number of carboxylic acid groups (broad SMARTS) is 1. The first-order valence-electron chi connectivity index (χ1n) is 7.34. The first-order valence-corrected chi connectivity index (χ1v) is 7.34. The molecule has 1 aliphatic rings. The number of nitrogens with zero attached hydrogens (tertiary/aromatic N) is 2. The van der Waals surface area contributed by atoms with Crippen LogP contribution in [0.4, 0.5) is 4.39 Å². The van der Waals surface area contributed by atoms with Crippen molar-refractivity contribution in [3.05, 3.63) is 35.1 Å². The monoisotopic (exact) mass is 294 g/mol. The number of rotatable bonds is 5. The van der Waals surface area contributed by atoms with Crippen LogP contribution in [0.5, 0.6) is 0 Å². The fraction of sp³-hybridized carbons (Fsp3) is 0.562. The highest BCUT2D eigenvalue weighted by molar-refractivity contribution is 5.87. The lowest BCUT2D eigenvalue weighted by Gasteiger charge is -2.31. The molecular weight excluding hydrogens is 271 g/mol. The summed E-state index contributed by atoms with van der Waals surface area (Å²) in [5.74, 6) is -0.721. The second kappa shape index (κ2) is 7.00. The van der Waals surface area contributed by atoms with E-state index in [0.29, 0.717) is 18.0 Å². The molecule has 5 heteroatoms. The Bertz CT molecular complexity index is 499. The van der Waals surface area contributed by atoms with Crippen molar-refractivity contribution < 1.29 is 14.3 Å². The SMILES string of the molecule is CN1CCC(CN(C)Cc2cc(C(=O)O)ccc2F)CC1. The van der Waals surface area contributed by atoms with Crippen LogP contribution in [-0.4, -0.2) is 54.6 Å². The van der Waals surface area contributed by atoms with Gasteiger partial charge in [-0.3, -0.25) is 0 Å². The molecular formula is C16H23FN2O2. The lowest BCUT2D eigenvalue weighted by Crippen LogP contribution is -2.35. The summed E-state index contributed by atoms with van der Waals surface area (Å²) in [4.78, 5) is 15.4. The second-order valence-electron chi connectivity index (χ2n) is 6.05. The van der Waals surface area contributed by atoms with Crippen molar-refractivity contribution in [2.45, 2.75) is 19.4 Å². The van der Waals surface area contributed by atoms with Crippen molar-refractivity contribution in [3.8, 4) is 0 Å². The Labute approximate surface area is 125 Å². The molecule has 4 nitrogen and oxygen atoms in total. The van der Waals surface area contributed by atoms with E-state index in [-0.39, 0.29) is 11.4 Å². The van der Waals surface area contributed by atoms with Gasteiger partial charge >= 0.3 is 5.97 Å². The first-order chi connectivity index (χ1) is 9.95. The van der Waals surface area contributed by atoms with Crippen LogP contribution < -0.4 is 0 Å². The number of aromatic carboxylic acids is 1. The van der Waals surface area contributed by atoms with Gasteiger partial charge in [-0.2, -0.15) is 0 Å². The van der Waals surface area contributed by atoms with Crippen LogP contribution in [0.15, 0.2) is 18.2 Å². The fourth-order valence-electron chi connectivity index (χ4n) is 2.87.